The number of amides is 2. The van der Waals surface area contributed by atoms with Crippen LogP contribution in [0.2, 0.25) is 0 Å². The number of aryl methyl sites for hydroxylation is 2. The van der Waals surface area contributed by atoms with Gasteiger partial charge in [0.2, 0.25) is 11.8 Å². The first-order valence-electron chi connectivity index (χ1n) is 7.15. The van der Waals surface area contributed by atoms with E-state index in [1.165, 1.54) is 0 Å². The number of piperazine rings is 1. The summed E-state index contributed by atoms with van der Waals surface area (Å²) in [6, 6.07) is -0.875. The van der Waals surface area contributed by atoms with Gasteiger partial charge in [-0.3, -0.25) is 14.3 Å². The largest absolute Gasteiger partial charge is 0.343 e. The number of nitrogens with zero attached hydrogens (tertiary/aromatic N) is 3. The molecule has 0 spiro atoms. The fourth-order valence-corrected chi connectivity index (χ4v) is 3.06. The highest BCUT2D eigenvalue weighted by Gasteiger charge is 2.38. The van der Waals surface area contributed by atoms with E-state index in [0.717, 1.165) is 22.3 Å². The molecule has 0 aromatic carbocycles. The normalized spacial score (nSPS) is 22.6. The van der Waals surface area contributed by atoms with E-state index < -0.39 is 12.1 Å². The van der Waals surface area contributed by atoms with Crippen LogP contribution < -0.4 is 5.32 Å². The summed E-state index contributed by atoms with van der Waals surface area (Å²) >= 11 is 3.51. The third kappa shape index (κ3) is 2.97. The Labute approximate surface area is 133 Å². The highest BCUT2D eigenvalue weighted by Crippen LogP contribution is 2.24. The smallest absolute Gasteiger partial charge is 0.246 e. The van der Waals surface area contributed by atoms with Crippen molar-refractivity contribution in [2.75, 3.05) is 0 Å². The molecule has 2 unspecified atom stereocenters. The molecule has 116 valence electrons. The molecule has 1 aliphatic heterocycles. The molecular formula is C14H21BrN4O2. The average Bonchev–Trinajstić information content (AvgIpc) is 2.67. The van der Waals surface area contributed by atoms with E-state index in [9.17, 15) is 9.59 Å². The second-order valence-corrected chi connectivity index (χ2v) is 6.25. The Bertz CT molecular complexity index is 570. The van der Waals surface area contributed by atoms with Crippen LogP contribution in [-0.4, -0.2) is 38.6 Å². The van der Waals surface area contributed by atoms with Crippen LogP contribution in [0.4, 0.5) is 0 Å². The molecule has 2 atom stereocenters. The molecule has 0 bridgehead atoms. The Morgan fingerprint density at radius 3 is 2.57 bits per heavy atom. The van der Waals surface area contributed by atoms with Gasteiger partial charge in [-0.15, -0.1) is 0 Å². The van der Waals surface area contributed by atoms with Gasteiger partial charge in [0.1, 0.15) is 12.1 Å². The zero-order chi connectivity index (χ0) is 15.7. The third-order valence-electron chi connectivity index (χ3n) is 3.90. The summed E-state index contributed by atoms with van der Waals surface area (Å²) in [7, 11) is 1.84. The maximum atomic E-state index is 12.6. The van der Waals surface area contributed by atoms with Crippen LogP contribution in [0.25, 0.3) is 0 Å². The molecule has 1 N–H and O–H groups in total. The summed E-state index contributed by atoms with van der Waals surface area (Å²) in [6.45, 7) is 6.04. The lowest BCUT2D eigenvalue weighted by atomic mass is 10.0. The number of halogens is 1. The lowest BCUT2D eigenvalue weighted by molar-refractivity contribution is -0.149. The van der Waals surface area contributed by atoms with Crippen LogP contribution in [0.5, 0.6) is 0 Å². The highest BCUT2D eigenvalue weighted by atomic mass is 79.9. The minimum atomic E-state index is -0.465. The molecule has 1 aromatic rings. The van der Waals surface area contributed by atoms with Gasteiger partial charge >= 0.3 is 0 Å². The first-order valence-corrected chi connectivity index (χ1v) is 7.94. The van der Waals surface area contributed by atoms with E-state index in [-0.39, 0.29) is 11.8 Å². The van der Waals surface area contributed by atoms with Crippen molar-refractivity contribution in [3.63, 3.8) is 0 Å². The molecule has 2 rings (SSSR count). The molecule has 0 aliphatic carbocycles. The summed E-state index contributed by atoms with van der Waals surface area (Å²) in [5, 5.41) is 7.13. The summed E-state index contributed by atoms with van der Waals surface area (Å²) in [4.78, 5) is 26.3. The molecule has 0 radical (unpaired) electrons. The minimum Gasteiger partial charge on any atom is -0.343 e. The van der Waals surface area contributed by atoms with Crippen LogP contribution in [0, 0.1) is 6.92 Å². The summed E-state index contributed by atoms with van der Waals surface area (Å²) in [5.74, 6) is -0.113. The van der Waals surface area contributed by atoms with E-state index in [0.29, 0.717) is 13.0 Å². The molecular weight excluding hydrogens is 336 g/mol. The zero-order valence-corrected chi connectivity index (χ0v) is 14.4. The lowest BCUT2D eigenvalue weighted by Crippen LogP contribution is -2.62. The maximum Gasteiger partial charge on any atom is 0.246 e. The Morgan fingerprint density at radius 2 is 2.05 bits per heavy atom. The van der Waals surface area contributed by atoms with Crippen LogP contribution >= 0.6 is 15.9 Å². The first kappa shape index (κ1) is 16.0. The molecule has 2 heterocycles. The topological polar surface area (TPSA) is 67.2 Å². The van der Waals surface area contributed by atoms with Gasteiger partial charge in [0.15, 0.2) is 0 Å². The maximum absolute atomic E-state index is 12.6. The second kappa shape index (κ2) is 6.17. The van der Waals surface area contributed by atoms with Crippen molar-refractivity contribution in [2.45, 2.75) is 52.2 Å². The fourth-order valence-electron chi connectivity index (χ4n) is 2.60. The summed E-state index contributed by atoms with van der Waals surface area (Å²) < 4.78 is 2.64. The highest BCUT2D eigenvalue weighted by molar-refractivity contribution is 9.10. The quantitative estimate of drug-likeness (QED) is 0.888. The van der Waals surface area contributed by atoms with Crippen LogP contribution in [0.3, 0.4) is 0 Å². The van der Waals surface area contributed by atoms with Gasteiger partial charge in [-0.2, -0.15) is 5.10 Å². The van der Waals surface area contributed by atoms with Crippen molar-refractivity contribution in [3.05, 3.63) is 15.9 Å². The van der Waals surface area contributed by atoms with E-state index in [1.807, 2.05) is 20.9 Å². The monoisotopic (exact) mass is 356 g/mol. The number of hydrogen-bond donors (Lipinski definition) is 1. The van der Waals surface area contributed by atoms with Gasteiger partial charge in [-0.1, -0.05) is 13.3 Å². The van der Waals surface area contributed by atoms with Crippen LogP contribution in [0.1, 0.15) is 38.1 Å². The summed E-state index contributed by atoms with van der Waals surface area (Å²) in [6.07, 6.45) is 1.52. The van der Waals surface area contributed by atoms with Crippen LogP contribution in [-0.2, 0) is 23.2 Å². The first-order chi connectivity index (χ1) is 9.86. The van der Waals surface area contributed by atoms with Gasteiger partial charge < -0.3 is 10.2 Å². The van der Waals surface area contributed by atoms with Crippen molar-refractivity contribution in [2.24, 2.45) is 7.05 Å². The van der Waals surface area contributed by atoms with Crippen molar-refractivity contribution >= 4 is 27.7 Å². The fraction of sp³-hybridized carbons (Fsp3) is 0.643. The minimum absolute atomic E-state index is 0.0188. The molecule has 21 heavy (non-hydrogen) atoms. The van der Waals surface area contributed by atoms with Crippen molar-refractivity contribution in [3.8, 4) is 0 Å². The average molecular weight is 357 g/mol. The Kier molecular flexibility index (Phi) is 4.70. The SMILES string of the molecule is CCCC1NC(=O)C(C)N(Cc2c(Br)c(C)nn2C)C1=O. The molecule has 2 amide bonds. The number of carbonyl (C=O) groups excluding carboxylic acids is 2. The van der Waals surface area contributed by atoms with E-state index in [2.05, 4.69) is 26.3 Å². The number of aromatic nitrogens is 2. The molecule has 0 saturated carbocycles. The number of nitrogens with one attached hydrogen (secondary N) is 1. The van der Waals surface area contributed by atoms with E-state index in [4.69, 9.17) is 0 Å². The second-order valence-electron chi connectivity index (χ2n) is 5.46. The van der Waals surface area contributed by atoms with Crippen LogP contribution in [0.15, 0.2) is 4.47 Å². The van der Waals surface area contributed by atoms with E-state index in [1.54, 1.807) is 16.5 Å². The van der Waals surface area contributed by atoms with Gasteiger partial charge in [0.25, 0.3) is 0 Å². The van der Waals surface area contributed by atoms with Crippen molar-refractivity contribution in [1.82, 2.24) is 20.0 Å². The molecule has 6 nitrogen and oxygen atoms in total. The molecule has 7 heteroatoms. The van der Waals surface area contributed by atoms with Gasteiger partial charge in [-0.25, -0.2) is 0 Å². The number of rotatable bonds is 4. The summed E-state index contributed by atoms with van der Waals surface area (Å²) in [5.41, 5.74) is 1.77. The number of hydrogen-bond acceptors (Lipinski definition) is 3. The standard InChI is InChI=1S/C14H21BrN4O2/c1-5-6-10-14(21)19(9(3)13(20)16-10)7-11-12(15)8(2)17-18(11)4/h9-10H,5-7H2,1-4H3,(H,16,20). The molecule has 1 aromatic heterocycles. The van der Waals surface area contributed by atoms with Gasteiger partial charge in [-0.05, 0) is 36.2 Å². The van der Waals surface area contributed by atoms with Crippen molar-refractivity contribution < 1.29 is 9.59 Å². The Balaban J connectivity index is 2.27. The lowest BCUT2D eigenvalue weighted by Gasteiger charge is -2.37. The van der Waals surface area contributed by atoms with Gasteiger partial charge in [0.05, 0.1) is 22.4 Å². The third-order valence-corrected chi connectivity index (χ3v) is 4.94. The predicted molar refractivity (Wildman–Crippen MR) is 82.5 cm³/mol. The molecule has 1 saturated heterocycles. The predicted octanol–water partition coefficient (Wildman–Crippen LogP) is 1.51. The van der Waals surface area contributed by atoms with E-state index >= 15 is 0 Å². The van der Waals surface area contributed by atoms with Gasteiger partial charge in [0, 0.05) is 7.05 Å². The Morgan fingerprint density at radius 1 is 1.38 bits per heavy atom. The number of carbonyl (C=O) groups is 2. The molecule has 1 fully saturated rings. The zero-order valence-electron chi connectivity index (χ0n) is 12.8. The molecule has 1 aliphatic rings. The Hall–Kier alpha value is -1.37. The van der Waals surface area contributed by atoms with Crippen molar-refractivity contribution in [1.29, 1.82) is 0 Å².